The largest absolute Gasteiger partial charge is 0.444 e. The maximum Gasteiger partial charge on any atom is 0.287 e. The van der Waals surface area contributed by atoms with Crippen LogP contribution in [0, 0.1) is 5.92 Å². The summed E-state index contributed by atoms with van der Waals surface area (Å²) in [5.41, 5.74) is 0. The first-order chi connectivity index (χ1) is 7.16. The minimum Gasteiger partial charge on any atom is -0.444 e. The van der Waals surface area contributed by atoms with Crippen LogP contribution in [0.4, 0.5) is 0 Å². The van der Waals surface area contributed by atoms with Crippen molar-refractivity contribution >= 4 is 21.8 Å². The van der Waals surface area contributed by atoms with Gasteiger partial charge in [-0.15, -0.1) is 0 Å². The van der Waals surface area contributed by atoms with Crippen LogP contribution in [0.25, 0.3) is 0 Å². The monoisotopic (exact) mass is 271 g/mol. The average Bonchev–Trinajstić information content (AvgIpc) is 2.77. The van der Waals surface area contributed by atoms with E-state index in [-0.39, 0.29) is 5.91 Å². The fraction of sp³-hybridized carbons (Fsp3) is 0.545. The van der Waals surface area contributed by atoms with Gasteiger partial charge in [-0.3, -0.25) is 4.79 Å². The fourth-order valence-corrected chi connectivity index (χ4v) is 2.34. The van der Waals surface area contributed by atoms with Crippen LogP contribution >= 0.6 is 15.9 Å². The first-order valence-corrected chi connectivity index (χ1v) is 6.02. The summed E-state index contributed by atoms with van der Waals surface area (Å²) in [6.45, 7) is 2.18. The molecule has 4 heteroatoms. The third-order valence-electron chi connectivity index (χ3n) is 2.97. The Bertz CT molecular complexity index is 361. The molecule has 2 unspecified atom stereocenters. The zero-order chi connectivity index (χ0) is 10.8. The maximum atomic E-state index is 11.7. The number of hydrogen-bond acceptors (Lipinski definition) is 2. The van der Waals surface area contributed by atoms with Crippen molar-refractivity contribution in [1.29, 1.82) is 0 Å². The molecular weight excluding hydrogens is 258 g/mol. The number of halogens is 1. The SMILES string of the molecule is CC1CCCC1NC(=O)c1ccc(Br)o1. The fourth-order valence-electron chi connectivity index (χ4n) is 2.04. The van der Waals surface area contributed by atoms with E-state index >= 15 is 0 Å². The van der Waals surface area contributed by atoms with Crippen molar-refractivity contribution in [1.82, 2.24) is 5.32 Å². The second-order valence-corrected chi connectivity index (χ2v) is 4.87. The maximum absolute atomic E-state index is 11.7. The number of hydrogen-bond donors (Lipinski definition) is 1. The second kappa shape index (κ2) is 4.39. The summed E-state index contributed by atoms with van der Waals surface area (Å²) in [7, 11) is 0. The highest BCUT2D eigenvalue weighted by atomic mass is 79.9. The van der Waals surface area contributed by atoms with E-state index in [4.69, 9.17) is 4.42 Å². The normalized spacial score (nSPS) is 25.5. The summed E-state index contributed by atoms with van der Waals surface area (Å²) in [6.07, 6.45) is 3.48. The van der Waals surface area contributed by atoms with E-state index in [1.165, 1.54) is 12.8 Å². The molecule has 0 bridgehead atoms. The van der Waals surface area contributed by atoms with Crippen molar-refractivity contribution in [2.75, 3.05) is 0 Å². The lowest BCUT2D eigenvalue weighted by atomic mass is 10.1. The van der Waals surface area contributed by atoms with Crippen LogP contribution in [0.2, 0.25) is 0 Å². The molecule has 1 N–H and O–H groups in total. The molecule has 0 spiro atoms. The zero-order valence-corrected chi connectivity index (χ0v) is 10.2. The lowest BCUT2D eigenvalue weighted by Gasteiger charge is -2.16. The van der Waals surface area contributed by atoms with Crippen LogP contribution in [0.5, 0.6) is 0 Å². The minimum absolute atomic E-state index is 0.112. The second-order valence-electron chi connectivity index (χ2n) is 4.09. The highest BCUT2D eigenvalue weighted by Gasteiger charge is 2.25. The van der Waals surface area contributed by atoms with E-state index < -0.39 is 0 Å². The van der Waals surface area contributed by atoms with Gasteiger partial charge in [-0.2, -0.15) is 0 Å². The summed E-state index contributed by atoms with van der Waals surface area (Å²) in [5, 5.41) is 3.00. The molecule has 15 heavy (non-hydrogen) atoms. The molecule has 1 saturated carbocycles. The van der Waals surface area contributed by atoms with Gasteiger partial charge in [0.05, 0.1) is 0 Å². The van der Waals surface area contributed by atoms with Gasteiger partial charge in [0.25, 0.3) is 5.91 Å². The summed E-state index contributed by atoms with van der Waals surface area (Å²) < 4.78 is 5.79. The molecule has 2 atom stereocenters. The molecule has 1 aliphatic carbocycles. The minimum atomic E-state index is -0.112. The molecule has 1 aromatic rings. The van der Waals surface area contributed by atoms with E-state index in [9.17, 15) is 4.79 Å². The zero-order valence-electron chi connectivity index (χ0n) is 8.63. The molecule has 3 nitrogen and oxygen atoms in total. The first kappa shape index (κ1) is 10.7. The molecule has 0 saturated heterocycles. The number of nitrogens with one attached hydrogen (secondary N) is 1. The van der Waals surface area contributed by atoms with Crippen LogP contribution in [-0.2, 0) is 0 Å². The lowest BCUT2D eigenvalue weighted by molar-refractivity contribution is 0.0900. The Morgan fingerprint density at radius 2 is 2.33 bits per heavy atom. The number of carbonyl (C=O) groups excluding carboxylic acids is 1. The van der Waals surface area contributed by atoms with Crippen molar-refractivity contribution in [3.8, 4) is 0 Å². The molecule has 0 aliphatic heterocycles. The Balaban J connectivity index is 1.97. The molecule has 1 fully saturated rings. The predicted octanol–water partition coefficient (Wildman–Crippen LogP) is 2.96. The average molecular weight is 272 g/mol. The van der Waals surface area contributed by atoms with Gasteiger partial charge < -0.3 is 9.73 Å². The van der Waals surface area contributed by atoms with Crippen LogP contribution in [0.3, 0.4) is 0 Å². The smallest absolute Gasteiger partial charge is 0.287 e. The Labute approximate surface area is 97.4 Å². The van der Waals surface area contributed by atoms with Gasteiger partial charge in [-0.25, -0.2) is 0 Å². The van der Waals surface area contributed by atoms with E-state index in [0.717, 1.165) is 6.42 Å². The van der Waals surface area contributed by atoms with Crippen LogP contribution in [-0.4, -0.2) is 11.9 Å². The van der Waals surface area contributed by atoms with Gasteiger partial charge in [-0.1, -0.05) is 13.3 Å². The summed E-state index contributed by atoms with van der Waals surface area (Å²) in [4.78, 5) is 11.7. The van der Waals surface area contributed by atoms with E-state index in [1.807, 2.05) is 0 Å². The Morgan fingerprint density at radius 3 is 2.87 bits per heavy atom. The first-order valence-electron chi connectivity index (χ1n) is 5.23. The molecule has 2 rings (SSSR count). The van der Waals surface area contributed by atoms with Crippen molar-refractivity contribution in [2.24, 2.45) is 5.92 Å². The van der Waals surface area contributed by atoms with Crippen molar-refractivity contribution in [2.45, 2.75) is 32.2 Å². The molecule has 1 amide bonds. The van der Waals surface area contributed by atoms with E-state index in [2.05, 4.69) is 28.2 Å². The summed E-state index contributed by atoms with van der Waals surface area (Å²) in [5.74, 6) is 0.841. The van der Waals surface area contributed by atoms with Gasteiger partial charge in [-0.05, 0) is 46.8 Å². The van der Waals surface area contributed by atoms with Crippen molar-refractivity contribution in [3.05, 3.63) is 22.6 Å². The molecular formula is C11H14BrNO2. The molecule has 0 aromatic carbocycles. The van der Waals surface area contributed by atoms with Gasteiger partial charge in [0, 0.05) is 6.04 Å². The van der Waals surface area contributed by atoms with Crippen LogP contribution < -0.4 is 5.32 Å². The van der Waals surface area contributed by atoms with Gasteiger partial charge in [0.1, 0.15) is 0 Å². The van der Waals surface area contributed by atoms with Crippen molar-refractivity contribution < 1.29 is 9.21 Å². The molecule has 1 aliphatic rings. The number of rotatable bonds is 2. The van der Waals surface area contributed by atoms with E-state index in [0.29, 0.717) is 22.4 Å². The molecule has 1 aromatic heterocycles. The number of amides is 1. The Hall–Kier alpha value is -0.770. The molecule has 0 radical (unpaired) electrons. The number of carbonyl (C=O) groups is 1. The molecule has 1 heterocycles. The Kier molecular flexibility index (Phi) is 3.14. The highest BCUT2D eigenvalue weighted by Crippen LogP contribution is 2.25. The van der Waals surface area contributed by atoms with Crippen LogP contribution in [0.15, 0.2) is 21.2 Å². The van der Waals surface area contributed by atoms with Gasteiger partial charge in [0.15, 0.2) is 10.4 Å². The topological polar surface area (TPSA) is 42.2 Å². The molecule has 82 valence electrons. The number of furan rings is 1. The summed E-state index contributed by atoms with van der Waals surface area (Å²) in [6, 6.07) is 3.72. The van der Waals surface area contributed by atoms with E-state index in [1.54, 1.807) is 12.1 Å². The van der Waals surface area contributed by atoms with Gasteiger partial charge >= 0.3 is 0 Å². The van der Waals surface area contributed by atoms with Crippen molar-refractivity contribution in [3.63, 3.8) is 0 Å². The highest BCUT2D eigenvalue weighted by molar-refractivity contribution is 9.10. The lowest BCUT2D eigenvalue weighted by Crippen LogP contribution is -2.36. The van der Waals surface area contributed by atoms with Gasteiger partial charge in [0.2, 0.25) is 0 Å². The quantitative estimate of drug-likeness (QED) is 0.899. The predicted molar refractivity (Wildman–Crippen MR) is 60.7 cm³/mol. The summed E-state index contributed by atoms with van der Waals surface area (Å²) >= 11 is 3.18. The third kappa shape index (κ3) is 2.43. The standard InChI is InChI=1S/C11H14BrNO2/c1-7-3-2-4-8(7)13-11(14)9-5-6-10(12)15-9/h5-8H,2-4H2,1H3,(H,13,14). The third-order valence-corrected chi connectivity index (χ3v) is 3.40. The Morgan fingerprint density at radius 1 is 1.53 bits per heavy atom. The van der Waals surface area contributed by atoms with Crippen LogP contribution in [0.1, 0.15) is 36.7 Å².